The molecule has 3 N–H and O–H groups in total. The molecule has 0 saturated heterocycles. The van der Waals surface area contributed by atoms with Gasteiger partial charge in [0.25, 0.3) is 0 Å². The first-order chi connectivity index (χ1) is 9.13. The summed E-state index contributed by atoms with van der Waals surface area (Å²) in [5.41, 5.74) is 1.76. The van der Waals surface area contributed by atoms with E-state index >= 15 is 0 Å². The molecule has 100 valence electrons. The summed E-state index contributed by atoms with van der Waals surface area (Å²) in [4.78, 5) is 0.859. The highest BCUT2D eigenvalue weighted by molar-refractivity contribution is 9.11. The molecule has 19 heavy (non-hydrogen) atoms. The van der Waals surface area contributed by atoms with Crippen molar-refractivity contribution in [3.8, 4) is 5.75 Å². The van der Waals surface area contributed by atoms with Crippen LogP contribution in [0.4, 0.5) is 11.4 Å². The lowest BCUT2D eigenvalue weighted by molar-refractivity contribution is 0.415. The van der Waals surface area contributed by atoms with E-state index in [1.165, 1.54) is 11.3 Å². The van der Waals surface area contributed by atoms with Crippen LogP contribution in [0.2, 0.25) is 0 Å². The Balaban J connectivity index is 2.20. The normalized spacial score (nSPS) is 10.1. The highest BCUT2D eigenvalue weighted by Crippen LogP contribution is 2.31. The minimum Gasteiger partial charge on any atom is -0.497 e. The molecule has 0 spiro atoms. The minimum atomic E-state index is 0.355. The van der Waals surface area contributed by atoms with Crippen molar-refractivity contribution in [3.63, 3.8) is 0 Å². The van der Waals surface area contributed by atoms with Crippen molar-refractivity contribution in [1.82, 2.24) is 0 Å². The van der Waals surface area contributed by atoms with E-state index in [1.807, 2.05) is 37.4 Å². The molecule has 0 amide bonds. The monoisotopic (exact) mass is 339 g/mol. The van der Waals surface area contributed by atoms with Gasteiger partial charge in [-0.15, -0.1) is 11.3 Å². The molecule has 4 nitrogen and oxygen atoms in total. The van der Waals surface area contributed by atoms with Crippen LogP contribution >= 0.6 is 27.3 Å². The number of thiophene rings is 1. The maximum absolute atomic E-state index is 8.15. The fourth-order valence-corrected chi connectivity index (χ4v) is 3.14. The number of hydrogen-bond donors (Lipinski definition) is 3. The maximum atomic E-state index is 8.15. The second-order valence-electron chi connectivity index (χ2n) is 3.78. The topological polar surface area (TPSA) is 57.1 Å². The summed E-state index contributed by atoms with van der Waals surface area (Å²) in [5.74, 6) is 1.12. The van der Waals surface area contributed by atoms with Crippen molar-refractivity contribution in [2.24, 2.45) is 0 Å². The lowest BCUT2D eigenvalue weighted by atomic mass is 10.3. The van der Waals surface area contributed by atoms with Crippen LogP contribution in [0.25, 0.3) is 0 Å². The van der Waals surface area contributed by atoms with Crippen LogP contribution in [0.5, 0.6) is 5.75 Å². The zero-order valence-corrected chi connectivity index (χ0v) is 13.0. The number of rotatable bonds is 4. The molecule has 2 rings (SSSR count). The molecule has 0 fully saturated rings. The summed E-state index contributed by atoms with van der Waals surface area (Å²) in [7, 11) is 3.47. The first-order valence-electron chi connectivity index (χ1n) is 5.61. The molecular formula is C13H14BrN3OS. The number of methoxy groups -OCH3 is 1. The van der Waals surface area contributed by atoms with Crippen molar-refractivity contribution < 1.29 is 4.74 Å². The Hall–Kier alpha value is -1.53. The zero-order valence-electron chi connectivity index (χ0n) is 10.6. The summed E-state index contributed by atoms with van der Waals surface area (Å²) < 4.78 is 6.15. The Morgan fingerprint density at radius 1 is 1.37 bits per heavy atom. The van der Waals surface area contributed by atoms with Crippen LogP contribution in [0, 0.1) is 5.41 Å². The minimum absolute atomic E-state index is 0.355. The molecule has 2 aromatic rings. The molecule has 0 atom stereocenters. The highest BCUT2D eigenvalue weighted by atomic mass is 79.9. The molecule has 1 heterocycles. The molecule has 0 aliphatic rings. The van der Waals surface area contributed by atoms with Gasteiger partial charge in [0, 0.05) is 18.8 Å². The van der Waals surface area contributed by atoms with Crippen LogP contribution in [0.1, 0.15) is 4.88 Å². The average Bonchev–Trinajstić information content (AvgIpc) is 2.80. The van der Waals surface area contributed by atoms with E-state index in [2.05, 4.69) is 26.6 Å². The standard InChI is InChI=1S/C13H14BrN3OS/c1-16-10-7-11(14)19-12(10)13(15)17-8-4-3-5-9(6-8)18-2/h3-7,16H,1-2H3,(H2,15,17). The number of anilines is 2. The van der Waals surface area contributed by atoms with Crippen LogP contribution in [0.15, 0.2) is 34.1 Å². The van der Waals surface area contributed by atoms with Gasteiger partial charge in [-0.2, -0.15) is 0 Å². The van der Waals surface area contributed by atoms with Crippen molar-refractivity contribution in [2.45, 2.75) is 0 Å². The van der Waals surface area contributed by atoms with Gasteiger partial charge in [0.15, 0.2) is 0 Å². The first kappa shape index (κ1) is 13.9. The van der Waals surface area contributed by atoms with Gasteiger partial charge >= 0.3 is 0 Å². The lowest BCUT2D eigenvalue weighted by Crippen LogP contribution is -2.11. The average molecular weight is 340 g/mol. The van der Waals surface area contributed by atoms with Gasteiger partial charge in [-0.25, -0.2) is 0 Å². The van der Waals surface area contributed by atoms with Crippen LogP contribution < -0.4 is 15.4 Å². The molecule has 0 aliphatic carbocycles. The maximum Gasteiger partial charge on any atom is 0.142 e. The van der Waals surface area contributed by atoms with E-state index in [0.717, 1.165) is 25.8 Å². The fourth-order valence-electron chi connectivity index (χ4n) is 1.63. The van der Waals surface area contributed by atoms with E-state index in [9.17, 15) is 0 Å². The Morgan fingerprint density at radius 3 is 2.84 bits per heavy atom. The Bertz CT molecular complexity index is 597. The Labute approximate surface area is 124 Å². The lowest BCUT2D eigenvalue weighted by Gasteiger charge is -2.09. The third-order valence-corrected chi connectivity index (χ3v) is 4.19. The van der Waals surface area contributed by atoms with Crippen molar-refractivity contribution in [1.29, 1.82) is 5.41 Å². The van der Waals surface area contributed by atoms with Gasteiger partial charge in [0.1, 0.15) is 11.6 Å². The molecule has 1 aromatic carbocycles. The number of amidine groups is 1. The molecular weight excluding hydrogens is 326 g/mol. The quantitative estimate of drug-likeness (QED) is 0.582. The first-order valence-corrected chi connectivity index (χ1v) is 7.22. The second kappa shape index (κ2) is 6.08. The Kier molecular flexibility index (Phi) is 4.44. The largest absolute Gasteiger partial charge is 0.497 e. The molecule has 0 unspecified atom stereocenters. The van der Waals surface area contributed by atoms with E-state index in [1.54, 1.807) is 7.11 Å². The predicted octanol–water partition coefficient (Wildman–Crippen LogP) is 4.00. The summed E-state index contributed by atoms with van der Waals surface area (Å²) in [5, 5.41) is 14.3. The summed E-state index contributed by atoms with van der Waals surface area (Å²) in [6.45, 7) is 0. The number of hydrogen-bond acceptors (Lipinski definition) is 4. The van der Waals surface area contributed by atoms with Crippen LogP contribution in [-0.4, -0.2) is 20.0 Å². The van der Waals surface area contributed by atoms with E-state index < -0.39 is 0 Å². The van der Waals surface area contributed by atoms with Gasteiger partial charge in [0.05, 0.1) is 21.5 Å². The second-order valence-corrected chi connectivity index (χ2v) is 6.21. The number of nitrogens with one attached hydrogen (secondary N) is 3. The molecule has 0 bridgehead atoms. The van der Waals surface area contributed by atoms with Crippen LogP contribution in [0.3, 0.4) is 0 Å². The number of benzene rings is 1. The van der Waals surface area contributed by atoms with Crippen LogP contribution in [-0.2, 0) is 0 Å². The van der Waals surface area contributed by atoms with E-state index in [4.69, 9.17) is 10.1 Å². The van der Waals surface area contributed by atoms with Gasteiger partial charge in [-0.3, -0.25) is 5.41 Å². The third kappa shape index (κ3) is 3.27. The van der Waals surface area contributed by atoms with Gasteiger partial charge < -0.3 is 15.4 Å². The van der Waals surface area contributed by atoms with Crippen molar-refractivity contribution in [3.05, 3.63) is 39.0 Å². The molecule has 1 aromatic heterocycles. The number of halogens is 1. The summed E-state index contributed by atoms with van der Waals surface area (Å²) in [6, 6.07) is 9.48. The van der Waals surface area contributed by atoms with Gasteiger partial charge in [-0.05, 0) is 34.1 Å². The van der Waals surface area contributed by atoms with Crippen molar-refractivity contribution >= 4 is 44.5 Å². The number of ether oxygens (including phenoxy) is 1. The van der Waals surface area contributed by atoms with Gasteiger partial charge in [0.2, 0.25) is 0 Å². The fraction of sp³-hybridized carbons (Fsp3) is 0.154. The van der Waals surface area contributed by atoms with E-state index in [0.29, 0.717) is 5.84 Å². The highest BCUT2D eigenvalue weighted by Gasteiger charge is 2.12. The van der Waals surface area contributed by atoms with Gasteiger partial charge in [-0.1, -0.05) is 6.07 Å². The molecule has 0 aliphatic heterocycles. The third-order valence-electron chi connectivity index (χ3n) is 2.54. The smallest absolute Gasteiger partial charge is 0.142 e. The zero-order chi connectivity index (χ0) is 13.8. The SMILES string of the molecule is CNc1cc(Br)sc1C(=N)Nc1cccc(OC)c1. The summed E-state index contributed by atoms with van der Waals surface area (Å²) in [6.07, 6.45) is 0. The summed E-state index contributed by atoms with van der Waals surface area (Å²) >= 11 is 4.95. The predicted molar refractivity (Wildman–Crippen MR) is 85.0 cm³/mol. The van der Waals surface area contributed by atoms with Crippen molar-refractivity contribution in [2.75, 3.05) is 24.8 Å². The molecule has 0 radical (unpaired) electrons. The van der Waals surface area contributed by atoms with E-state index in [-0.39, 0.29) is 0 Å². The Morgan fingerprint density at radius 2 is 2.16 bits per heavy atom. The molecule has 0 saturated carbocycles. The molecule has 6 heteroatoms.